The van der Waals surface area contributed by atoms with Crippen LogP contribution in [0, 0.1) is 0 Å². The second-order valence-corrected chi connectivity index (χ2v) is 6.81. The van der Waals surface area contributed by atoms with E-state index in [2.05, 4.69) is 33.9 Å². The molecule has 0 aliphatic heterocycles. The molecule has 2 fully saturated rings. The molecule has 0 spiro atoms. The van der Waals surface area contributed by atoms with E-state index in [1.54, 1.807) is 0 Å². The van der Waals surface area contributed by atoms with E-state index in [-0.39, 0.29) is 0 Å². The summed E-state index contributed by atoms with van der Waals surface area (Å²) in [6.07, 6.45) is 13.5. The van der Waals surface area contributed by atoms with Crippen molar-refractivity contribution < 1.29 is 0 Å². The first-order chi connectivity index (χ1) is 9.71. The third-order valence-corrected chi connectivity index (χ3v) is 5.18. The van der Waals surface area contributed by atoms with Crippen LogP contribution in [-0.4, -0.2) is 40.6 Å². The van der Waals surface area contributed by atoms with Gasteiger partial charge in [-0.15, -0.1) is 0 Å². The summed E-state index contributed by atoms with van der Waals surface area (Å²) in [7, 11) is 4.48. The molecule has 112 valence electrons. The van der Waals surface area contributed by atoms with Gasteiger partial charge in [0.1, 0.15) is 0 Å². The van der Waals surface area contributed by atoms with Crippen molar-refractivity contribution in [1.82, 2.24) is 19.8 Å². The Morgan fingerprint density at radius 1 is 1.30 bits per heavy atom. The molecule has 2 aliphatic rings. The molecule has 2 saturated carbocycles. The highest BCUT2D eigenvalue weighted by Gasteiger charge is 2.33. The number of nitrogens with zero attached hydrogens (tertiary/aromatic N) is 3. The summed E-state index contributed by atoms with van der Waals surface area (Å²) in [4.78, 5) is 6.76. The largest absolute Gasteiger partial charge is 0.330 e. The van der Waals surface area contributed by atoms with Crippen LogP contribution in [-0.2, 0) is 6.54 Å². The zero-order chi connectivity index (χ0) is 14.0. The molecule has 0 unspecified atom stereocenters. The minimum absolute atomic E-state index is 0.364. The fraction of sp³-hybridized carbons (Fsp3) is 0.812. The van der Waals surface area contributed by atoms with E-state index in [1.807, 2.05) is 12.5 Å². The highest BCUT2D eigenvalue weighted by molar-refractivity contribution is 5.04. The lowest BCUT2D eigenvalue weighted by molar-refractivity contribution is 0.0982. The van der Waals surface area contributed by atoms with Crippen molar-refractivity contribution in [2.24, 2.45) is 0 Å². The Balaban J connectivity index is 1.56. The molecule has 0 radical (unpaired) electrons. The van der Waals surface area contributed by atoms with Crippen LogP contribution in [0.2, 0.25) is 0 Å². The van der Waals surface area contributed by atoms with Crippen LogP contribution in [0.5, 0.6) is 0 Å². The maximum atomic E-state index is 4.31. The molecule has 1 aromatic heterocycles. The standard InChI is InChI=1S/C16H28N4/c1-19(2)16(8-4-3-5-9-16)12-17-10-15-11-18-13-20(15)14-6-7-14/h11,13-14,17H,3-10,12H2,1-2H3. The van der Waals surface area contributed by atoms with Gasteiger partial charge in [-0.1, -0.05) is 19.3 Å². The van der Waals surface area contributed by atoms with Crippen molar-refractivity contribution >= 4 is 0 Å². The van der Waals surface area contributed by atoms with E-state index in [0.717, 1.165) is 19.1 Å². The van der Waals surface area contributed by atoms with Crippen LogP contribution in [0.3, 0.4) is 0 Å². The predicted octanol–water partition coefficient (Wildman–Crippen LogP) is 2.57. The zero-order valence-electron chi connectivity index (χ0n) is 12.9. The Morgan fingerprint density at radius 3 is 2.70 bits per heavy atom. The normalized spacial score (nSPS) is 22.4. The molecule has 1 aromatic rings. The first kappa shape index (κ1) is 14.1. The van der Waals surface area contributed by atoms with Crippen molar-refractivity contribution in [2.45, 2.75) is 63.1 Å². The molecule has 1 heterocycles. The molecule has 3 rings (SSSR count). The number of hydrogen-bond acceptors (Lipinski definition) is 3. The van der Waals surface area contributed by atoms with Gasteiger partial charge in [0.15, 0.2) is 0 Å². The molecule has 1 N–H and O–H groups in total. The molecule has 2 aliphatic carbocycles. The summed E-state index contributed by atoms with van der Waals surface area (Å²) in [6, 6.07) is 0.729. The zero-order valence-corrected chi connectivity index (χ0v) is 12.9. The number of aromatic nitrogens is 2. The number of imidazole rings is 1. The summed E-state index contributed by atoms with van der Waals surface area (Å²) < 4.78 is 2.36. The molecule has 4 nitrogen and oxygen atoms in total. The number of rotatable bonds is 6. The first-order valence-corrected chi connectivity index (χ1v) is 8.10. The van der Waals surface area contributed by atoms with Gasteiger partial charge in [0, 0.05) is 30.9 Å². The van der Waals surface area contributed by atoms with Crippen molar-refractivity contribution in [1.29, 1.82) is 0 Å². The lowest BCUT2D eigenvalue weighted by atomic mass is 9.80. The minimum Gasteiger partial charge on any atom is -0.330 e. The third kappa shape index (κ3) is 2.91. The molecule has 0 bridgehead atoms. The second-order valence-electron chi connectivity index (χ2n) is 6.81. The van der Waals surface area contributed by atoms with E-state index >= 15 is 0 Å². The molecular formula is C16H28N4. The Labute approximate surface area is 122 Å². The molecule has 0 atom stereocenters. The lowest BCUT2D eigenvalue weighted by Gasteiger charge is -2.43. The summed E-state index contributed by atoms with van der Waals surface area (Å²) in [5, 5.41) is 3.70. The van der Waals surface area contributed by atoms with Gasteiger partial charge < -0.3 is 14.8 Å². The van der Waals surface area contributed by atoms with E-state index < -0.39 is 0 Å². The molecule has 0 amide bonds. The average Bonchev–Trinajstić information content (AvgIpc) is 3.20. The van der Waals surface area contributed by atoms with Crippen molar-refractivity contribution in [3.05, 3.63) is 18.2 Å². The number of nitrogens with one attached hydrogen (secondary N) is 1. The quantitative estimate of drug-likeness (QED) is 0.867. The van der Waals surface area contributed by atoms with Crippen molar-refractivity contribution in [3.63, 3.8) is 0 Å². The van der Waals surface area contributed by atoms with Gasteiger partial charge in [0.25, 0.3) is 0 Å². The van der Waals surface area contributed by atoms with Crippen LogP contribution >= 0.6 is 0 Å². The third-order valence-electron chi connectivity index (χ3n) is 5.18. The Bertz CT molecular complexity index is 427. The van der Waals surface area contributed by atoms with Crippen LogP contribution in [0.25, 0.3) is 0 Å². The second kappa shape index (κ2) is 5.86. The highest BCUT2D eigenvalue weighted by Crippen LogP contribution is 2.35. The van der Waals surface area contributed by atoms with Gasteiger partial charge in [0.2, 0.25) is 0 Å². The maximum Gasteiger partial charge on any atom is 0.0951 e. The summed E-state index contributed by atoms with van der Waals surface area (Å²) in [5.41, 5.74) is 1.71. The van der Waals surface area contributed by atoms with Crippen LogP contribution in [0.15, 0.2) is 12.5 Å². The van der Waals surface area contributed by atoms with E-state index in [0.29, 0.717) is 5.54 Å². The molecule has 0 saturated heterocycles. The molecule has 20 heavy (non-hydrogen) atoms. The van der Waals surface area contributed by atoms with Crippen LogP contribution in [0.4, 0.5) is 0 Å². The Morgan fingerprint density at radius 2 is 2.05 bits per heavy atom. The highest BCUT2D eigenvalue weighted by atomic mass is 15.2. The van der Waals surface area contributed by atoms with Gasteiger partial charge in [0.05, 0.1) is 12.0 Å². The van der Waals surface area contributed by atoms with Crippen molar-refractivity contribution in [2.75, 3.05) is 20.6 Å². The smallest absolute Gasteiger partial charge is 0.0951 e. The topological polar surface area (TPSA) is 33.1 Å². The van der Waals surface area contributed by atoms with Crippen LogP contribution in [0.1, 0.15) is 56.7 Å². The SMILES string of the molecule is CN(C)C1(CNCc2cncn2C2CC2)CCCCC1. The molecule has 4 heteroatoms. The Hall–Kier alpha value is -0.870. The van der Waals surface area contributed by atoms with E-state index in [1.165, 1.54) is 50.6 Å². The van der Waals surface area contributed by atoms with Crippen molar-refractivity contribution in [3.8, 4) is 0 Å². The average molecular weight is 276 g/mol. The van der Waals surface area contributed by atoms with E-state index in [9.17, 15) is 0 Å². The predicted molar refractivity (Wildman–Crippen MR) is 81.7 cm³/mol. The fourth-order valence-corrected chi connectivity index (χ4v) is 3.57. The monoisotopic (exact) mass is 276 g/mol. The molecule has 0 aromatic carbocycles. The summed E-state index contributed by atoms with van der Waals surface area (Å²) >= 11 is 0. The van der Waals surface area contributed by atoms with Gasteiger partial charge in [-0.25, -0.2) is 4.98 Å². The van der Waals surface area contributed by atoms with Gasteiger partial charge in [-0.2, -0.15) is 0 Å². The molecular weight excluding hydrogens is 248 g/mol. The van der Waals surface area contributed by atoms with E-state index in [4.69, 9.17) is 0 Å². The first-order valence-electron chi connectivity index (χ1n) is 8.10. The Kier molecular flexibility index (Phi) is 4.13. The number of hydrogen-bond donors (Lipinski definition) is 1. The van der Waals surface area contributed by atoms with Gasteiger partial charge in [-0.3, -0.25) is 0 Å². The minimum atomic E-state index is 0.364. The summed E-state index contributed by atoms with van der Waals surface area (Å²) in [5.74, 6) is 0. The van der Waals surface area contributed by atoms with Gasteiger partial charge in [-0.05, 0) is 39.8 Å². The summed E-state index contributed by atoms with van der Waals surface area (Å²) in [6.45, 7) is 2.04. The number of likely N-dealkylation sites (N-methyl/N-ethyl adjacent to an activating group) is 1. The lowest BCUT2D eigenvalue weighted by Crippen LogP contribution is -2.52. The van der Waals surface area contributed by atoms with Gasteiger partial charge >= 0.3 is 0 Å². The van der Waals surface area contributed by atoms with Crippen LogP contribution < -0.4 is 5.32 Å². The fourth-order valence-electron chi connectivity index (χ4n) is 3.57. The maximum absolute atomic E-state index is 4.31.